The minimum Gasteiger partial charge on any atom is -0.463 e. The lowest BCUT2D eigenvalue weighted by molar-refractivity contribution is -0.137. The molecule has 27 heavy (non-hydrogen) atoms. The number of rotatable bonds is 6. The summed E-state index contributed by atoms with van der Waals surface area (Å²) in [5.41, 5.74) is 0.204. The molecule has 0 saturated carbocycles. The van der Waals surface area contributed by atoms with Gasteiger partial charge in [-0.1, -0.05) is 41.6 Å². The minimum atomic E-state index is -4.45. The standard InChI is InChI=1S/C19H16F3NO4/c1-12(13-7-5-8-15(10-13)19(20,21)22)23-27-11-14-6-3-4-9-16(14)17(24)18(25)26-2/h3-10H,11H2,1-2H3/b23-12+. The number of esters is 1. The van der Waals surface area contributed by atoms with Gasteiger partial charge in [-0.3, -0.25) is 4.79 Å². The number of benzene rings is 2. The van der Waals surface area contributed by atoms with E-state index in [0.717, 1.165) is 19.2 Å². The Kier molecular flexibility index (Phi) is 6.33. The quantitative estimate of drug-likeness (QED) is 0.250. The maximum atomic E-state index is 12.8. The van der Waals surface area contributed by atoms with Crippen LogP contribution in [0.4, 0.5) is 13.2 Å². The summed E-state index contributed by atoms with van der Waals surface area (Å²) in [6.45, 7) is 1.36. The lowest BCUT2D eigenvalue weighted by Crippen LogP contribution is -2.17. The first-order chi connectivity index (χ1) is 12.7. The fraction of sp³-hybridized carbons (Fsp3) is 0.211. The Labute approximate surface area is 153 Å². The van der Waals surface area contributed by atoms with Crippen molar-refractivity contribution in [1.29, 1.82) is 0 Å². The first-order valence-electron chi connectivity index (χ1n) is 7.78. The zero-order valence-electron chi connectivity index (χ0n) is 14.5. The van der Waals surface area contributed by atoms with Crippen molar-refractivity contribution in [3.8, 4) is 0 Å². The molecule has 5 nitrogen and oxygen atoms in total. The number of carbonyl (C=O) groups is 2. The van der Waals surface area contributed by atoms with E-state index in [4.69, 9.17) is 4.84 Å². The zero-order chi connectivity index (χ0) is 20.0. The van der Waals surface area contributed by atoms with Crippen LogP contribution in [-0.4, -0.2) is 24.6 Å². The van der Waals surface area contributed by atoms with E-state index in [0.29, 0.717) is 5.56 Å². The number of hydrogen-bond acceptors (Lipinski definition) is 5. The van der Waals surface area contributed by atoms with E-state index < -0.39 is 23.5 Å². The van der Waals surface area contributed by atoms with E-state index in [1.165, 1.54) is 25.1 Å². The smallest absolute Gasteiger partial charge is 0.416 e. The van der Waals surface area contributed by atoms with Crippen LogP contribution in [-0.2, 0) is 27.2 Å². The van der Waals surface area contributed by atoms with Crippen molar-refractivity contribution in [2.45, 2.75) is 19.7 Å². The van der Waals surface area contributed by atoms with Crippen LogP contribution in [0.3, 0.4) is 0 Å². The molecule has 0 fully saturated rings. The van der Waals surface area contributed by atoms with Crippen molar-refractivity contribution in [1.82, 2.24) is 0 Å². The van der Waals surface area contributed by atoms with Gasteiger partial charge in [0.05, 0.1) is 18.4 Å². The fourth-order valence-corrected chi connectivity index (χ4v) is 2.24. The third-order valence-electron chi connectivity index (χ3n) is 3.66. The number of Topliss-reactive ketones (excluding diaryl/α,β-unsaturated/α-hetero) is 1. The molecule has 0 atom stereocenters. The topological polar surface area (TPSA) is 65.0 Å². The summed E-state index contributed by atoms with van der Waals surface area (Å²) >= 11 is 0. The Morgan fingerprint density at radius 1 is 1.07 bits per heavy atom. The number of ether oxygens (including phenoxy) is 1. The highest BCUT2D eigenvalue weighted by Crippen LogP contribution is 2.29. The van der Waals surface area contributed by atoms with Gasteiger partial charge in [-0.15, -0.1) is 0 Å². The molecule has 0 saturated heterocycles. The minimum absolute atomic E-state index is 0.108. The fourth-order valence-electron chi connectivity index (χ4n) is 2.24. The van der Waals surface area contributed by atoms with Crippen LogP contribution in [0.1, 0.15) is 34.0 Å². The lowest BCUT2D eigenvalue weighted by Gasteiger charge is -2.09. The highest BCUT2D eigenvalue weighted by Gasteiger charge is 2.30. The Balaban J connectivity index is 2.14. The van der Waals surface area contributed by atoms with Gasteiger partial charge in [0.25, 0.3) is 5.78 Å². The summed E-state index contributed by atoms with van der Waals surface area (Å²) in [5, 5.41) is 3.80. The molecule has 8 heteroatoms. The molecular formula is C19H16F3NO4. The molecular weight excluding hydrogens is 363 g/mol. The maximum absolute atomic E-state index is 12.8. The molecule has 0 spiro atoms. The SMILES string of the molecule is COC(=O)C(=O)c1ccccc1CO/N=C(\C)c1cccc(C(F)(F)F)c1. The average molecular weight is 379 g/mol. The van der Waals surface area contributed by atoms with E-state index in [1.807, 2.05) is 0 Å². The second-order valence-electron chi connectivity index (χ2n) is 5.51. The molecule has 0 N–H and O–H groups in total. The predicted molar refractivity (Wildman–Crippen MR) is 91.2 cm³/mol. The van der Waals surface area contributed by atoms with Crippen molar-refractivity contribution >= 4 is 17.5 Å². The van der Waals surface area contributed by atoms with E-state index in [1.54, 1.807) is 18.2 Å². The third kappa shape index (κ3) is 5.16. The Morgan fingerprint density at radius 3 is 2.44 bits per heavy atom. The summed E-state index contributed by atoms with van der Waals surface area (Å²) < 4.78 is 42.7. The van der Waals surface area contributed by atoms with Crippen molar-refractivity contribution in [2.75, 3.05) is 7.11 Å². The van der Waals surface area contributed by atoms with Gasteiger partial charge in [0.2, 0.25) is 0 Å². The molecule has 2 rings (SSSR count). The molecule has 0 radical (unpaired) electrons. The van der Waals surface area contributed by atoms with Gasteiger partial charge < -0.3 is 9.57 Å². The summed E-state index contributed by atoms with van der Waals surface area (Å²) in [4.78, 5) is 28.6. The molecule has 2 aromatic rings. The van der Waals surface area contributed by atoms with E-state index >= 15 is 0 Å². The normalized spacial score (nSPS) is 11.8. The van der Waals surface area contributed by atoms with Crippen LogP contribution in [0.15, 0.2) is 53.7 Å². The monoisotopic (exact) mass is 379 g/mol. The molecule has 0 heterocycles. The van der Waals surface area contributed by atoms with Gasteiger partial charge in [0.1, 0.15) is 6.61 Å². The van der Waals surface area contributed by atoms with Gasteiger partial charge >= 0.3 is 12.1 Å². The molecule has 0 aliphatic carbocycles. The number of nitrogens with zero attached hydrogens (tertiary/aromatic N) is 1. The number of hydrogen-bond donors (Lipinski definition) is 0. The maximum Gasteiger partial charge on any atom is 0.416 e. The van der Waals surface area contributed by atoms with Gasteiger partial charge in [-0.05, 0) is 24.6 Å². The Bertz CT molecular complexity index is 875. The van der Waals surface area contributed by atoms with Crippen LogP contribution in [0.2, 0.25) is 0 Å². The van der Waals surface area contributed by atoms with Gasteiger partial charge in [-0.25, -0.2) is 4.79 Å². The second kappa shape index (κ2) is 8.48. The zero-order valence-corrected chi connectivity index (χ0v) is 14.5. The highest BCUT2D eigenvalue weighted by atomic mass is 19.4. The van der Waals surface area contributed by atoms with Crippen molar-refractivity contribution in [3.63, 3.8) is 0 Å². The molecule has 142 valence electrons. The van der Waals surface area contributed by atoms with E-state index in [9.17, 15) is 22.8 Å². The van der Waals surface area contributed by atoms with Crippen molar-refractivity contribution in [2.24, 2.45) is 5.16 Å². The first kappa shape index (κ1) is 20.2. The molecule has 0 aliphatic rings. The molecule has 0 aliphatic heterocycles. The number of alkyl halides is 3. The van der Waals surface area contributed by atoms with Crippen LogP contribution < -0.4 is 0 Å². The summed E-state index contributed by atoms with van der Waals surface area (Å²) in [5.74, 6) is -1.83. The molecule has 2 aromatic carbocycles. The van der Waals surface area contributed by atoms with Crippen molar-refractivity contribution in [3.05, 3.63) is 70.8 Å². The molecule has 0 aromatic heterocycles. The Morgan fingerprint density at radius 2 is 1.78 bits per heavy atom. The Hall–Kier alpha value is -3.16. The van der Waals surface area contributed by atoms with Crippen LogP contribution in [0.5, 0.6) is 0 Å². The molecule has 0 bridgehead atoms. The average Bonchev–Trinajstić information content (AvgIpc) is 2.66. The highest BCUT2D eigenvalue weighted by molar-refractivity contribution is 6.40. The van der Waals surface area contributed by atoms with E-state index in [2.05, 4.69) is 9.89 Å². The lowest BCUT2D eigenvalue weighted by atomic mass is 10.0. The summed E-state index contributed by atoms with van der Waals surface area (Å²) in [7, 11) is 1.10. The summed E-state index contributed by atoms with van der Waals surface area (Å²) in [6.07, 6.45) is -4.45. The second-order valence-corrected chi connectivity index (χ2v) is 5.51. The van der Waals surface area contributed by atoms with Crippen molar-refractivity contribution < 1.29 is 32.3 Å². The van der Waals surface area contributed by atoms with Gasteiger partial charge in [0.15, 0.2) is 0 Å². The number of oxime groups is 1. The number of carbonyl (C=O) groups excluding carboxylic acids is 2. The summed E-state index contributed by atoms with van der Waals surface area (Å²) in [6, 6.07) is 10.9. The molecule has 0 unspecified atom stereocenters. The predicted octanol–water partition coefficient (Wildman–Crippen LogP) is 4.00. The first-order valence-corrected chi connectivity index (χ1v) is 7.78. The van der Waals surface area contributed by atoms with Crippen LogP contribution >= 0.6 is 0 Å². The van der Waals surface area contributed by atoms with Crippen LogP contribution in [0, 0.1) is 0 Å². The number of ketones is 1. The number of methoxy groups -OCH3 is 1. The van der Waals surface area contributed by atoms with Crippen LogP contribution in [0.25, 0.3) is 0 Å². The van der Waals surface area contributed by atoms with Gasteiger partial charge in [0, 0.05) is 11.1 Å². The van der Waals surface area contributed by atoms with E-state index in [-0.39, 0.29) is 23.4 Å². The number of halogens is 3. The molecule has 0 amide bonds. The van der Waals surface area contributed by atoms with Gasteiger partial charge in [-0.2, -0.15) is 13.2 Å². The third-order valence-corrected chi connectivity index (χ3v) is 3.66. The largest absolute Gasteiger partial charge is 0.463 e.